The summed E-state index contributed by atoms with van der Waals surface area (Å²) >= 11 is 3.51. The summed E-state index contributed by atoms with van der Waals surface area (Å²) in [6.07, 6.45) is 0.801. The molecule has 0 aromatic heterocycles. The normalized spacial score (nSPS) is 10.5. The fourth-order valence-electron chi connectivity index (χ4n) is 3.79. The zero-order chi connectivity index (χ0) is 25.3. The van der Waals surface area contributed by atoms with Crippen LogP contribution in [0.4, 0.5) is 11.4 Å². The smallest absolute Gasteiger partial charge is 0.258 e. The predicted octanol–water partition coefficient (Wildman–Crippen LogP) is 6.99. The molecule has 0 fully saturated rings. The summed E-state index contributed by atoms with van der Waals surface area (Å²) < 4.78 is 6.59. The molecular weight excluding hydrogens is 516 g/mol. The Hall–Kier alpha value is -3.90. The lowest BCUT2D eigenvalue weighted by atomic mass is 10.1. The highest BCUT2D eigenvalue weighted by atomic mass is 79.9. The Kier molecular flexibility index (Phi) is 8.53. The number of nitrogens with one attached hydrogen (secondary N) is 1. The fourth-order valence-corrected chi connectivity index (χ4v) is 4.28. The Morgan fingerprint density at radius 3 is 2.11 bits per heavy atom. The van der Waals surface area contributed by atoms with Gasteiger partial charge in [0.15, 0.2) is 0 Å². The molecule has 0 bridgehead atoms. The monoisotopic (exact) mass is 542 g/mol. The van der Waals surface area contributed by atoms with E-state index in [0.29, 0.717) is 40.2 Å². The molecule has 0 heterocycles. The average Bonchev–Trinajstić information content (AvgIpc) is 2.91. The second-order valence-electron chi connectivity index (χ2n) is 8.15. The number of anilines is 2. The molecule has 4 rings (SSSR count). The third kappa shape index (κ3) is 6.40. The Morgan fingerprint density at radius 1 is 0.833 bits per heavy atom. The van der Waals surface area contributed by atoms with Crippen LogP contribution < -0.4 is 15.0 Å². The van der Waals surface area contributed by atoms with E-state index in [2.05, 4.69) is 33.4 Å². The number of ether oxygens (including phenoxy) is 1. The van der Waals surface area contributed by atoms with Crippen molar-refractivity contribution in [3.63, 3.8) is 0 Å². The van der Waals surface area contributed by atoms with E-state index in [0.717, 1.165) is 12.1 Å². The maximum absolute atomic E-state index is 13.0. The van der Waals surface area contributed by atoms with Crippen molar-refractivity contribution in [3.8, 4) is 5.75 Å². The number of carbonyl (C=O) groups is 2. The lowest BCUT2D eigenvalue weighted by Gasteiger charge is -2.21. The number of carbonyl (C=O) groups excluding carboxylic acids is 2. The van der Waals surface area contributed by atoms with E-state index in [-0.39, 0.29) is 11.8 Å². The van der Waals surface area contributed by atoms with Crippen LogP contribution in [-0.4, -0.2) is 25.0 Å². The number of nitrogens with zero attached hydrogens (tertiary/aromatic N) is 1. The van der Waals surface area contributed by atoms with Gasteiger partial charge in [-0.25, -0.2) is 0 Å². The summed E-state index contributed by atoms with van der Waals surface area (Å²) in [5, 5.41) is 2.89. The highest BCUT2D eigenvalue weighted by Crippen LogP contribution is 2.27. The molecule has 0 aliphatic carbocycles. The number of hydrogen-bond donors (Lipinski definition) is 1. The van der Waals surface area contributed by atoms with E-state index >= 15 is 0 Å². The van der Waals surface area contributed by atoms with Crippen molar-refractivity contribution in [2.75, 3.05) is 23.4 Å². The Bertz CT molecular complexity index is 1310. The molecular formula is C30H27BrN2O3. The first-order valence-corrected chi connectivity index (χ1v) is 12.6. The topological polar surface area (TPSA) is 58.6 Å². The van der Waals surface area contributed by atoms with Gasteiger partial charge in [0.05, 0.1) is 11.1 Å². The van der Waals surface area contributed by atoms with Gasteiger partial charge < -0.3 is 15.0 Å². The molecule has 36 heavy (non-hydrogen) atoms. The first kappa shape index (κ1) is 25.2. The number of para-hydroxylation sites is 1. The van der Waals surface area contributed by atoms with Gasteiger partial charge in [-0.3, -0.25) is 9.59 Å². The Morgan fingerprint density at radius 2 is 1.47 bits per heavy atom. The van der Waals surface area contributed by atoms with Crippen molar-refractivity contribution in [1.82, 2.24) is 0 Å². The molecule has 0 aliphatic heterocycles. The van der Waals surface area contributed by atoms with Crippen LogP contribution in [0.2, 0.25) is 0 Å². The van der Waals surface area contributed by atoms with Crippen LogP contribution in [0.1, 0.15) is 33.2 Å². The zero-order valence-corrected chi connectivity index (χ0v) is 21.6. The maximum Gasteiger partial charge on any atom is 0.258 e. The molecule has 4 aromatic rings. The first-order chi connectivity index (χ1) is 17.5. The molecule has 0 radical (unpaired) electrons. The molecule has 4 aromatic carbocycles. The summed E-state index contributed by atoms with van der Waals surface area (Å²) in [6, 6.07) is 31.9. The summed E-state index contributed by atoms with van der Waals surface area (Å²) in [7, 11) is 0. The molecule has 0 atom stereocenters. The van der Waals surface area contributed by atoms with Crippen LogP contribution in [0.3, 0.4) is 0 Å². The van der Waals surface area contributed by atoms with E-state index in [4.69, 9.17) is 4.74 Å². The molecule has 0 saturated heterocycles. The van der Waals surface area contributed by atoms with Crippen molar-refractivity contribution in [1.29, 1.82) is 0 Å². The highest BCUT2D eigenvalue weighted by molar-refractivity contribution is 9.10. The third-order valence-corrected chi connectivity index (χ3v) is 6.32. The summed E-state index contributed by atoms with van der Waals surface area (Å²) in [5.41, 5.74) is 3.72. The van der Waals surface area contributed by atoms with Crippen molar-refractivity contribution in [2.24, 2.45) is 0 Å². The minimum atomic E-state index is -0.245. The summed E-state index contributed by atoms with van der Waals surface area (Å²) in [4.78, 5) is 27.5. The van der Waals surface area contributed by atoms with E-state index in [1.165, 1.54) is 5.56 Å². The van der Waals surface area contributed by atoms with Crippen LogP contribution in [0.15, 0.2) is 108 Å². The van der Waals surface area contributed by atoms with E-state index in [1.54, 1.807) is 47.4 Å². The molecule has 1 N–H and O–H groups in total. The molecule has 2 amide bonds. The third-order valence-electron chi connectivity index (χ3n) is 5.70. The van der Waals surface area contributed by atoms with Crippen molar-refractivity contribution >= 4 is 39.1 Å². The van der Waals surface area contributed by atoms with Crippen LogP contribution in [-0.2, 0) is 6.42 Å². The minimum absolute atomic E-state index is 0.0895. The van der Waals surface area contributed by atoms with Gasteiger partial charge in [-0.1, -0.05) is 48.5 Å². The van der Waals surface area contributed by atoms with Crippen molar-refractivity contribution in [3.05, 3.63) is 124 Å². The highest BCUT2D eigenvalue weighted by Gasteiger charge is 2.16. The molecule has 182 valence electrons. The maximum atomic E-state index is 13.0. The van der Waals surface area contributed by atoms with Crippen LogP contribution in [0.5, 0.6) is 5.75 Å². The van der Waals surface area contributed by atoms with Gasteiger partial charge in [0.25, 0.3) is 11.8 Å². The Labute approximate surface area is 219 Å². The van der Waals surface area contributed by atoms with Gasteiger partial charge in [0, 0.05) is 35.5 Å². The van der Waals surface area contributed by atoms with Gasteiger partial charge in [0.1, 0.15) is 5.75 Å². The molecule has 0 spiro atoms. The average molecular weight is 543 g/mol. The lowest BCUT2D eigenvalue weighted by molar-refractivity contribution is 0.0987. The lowest BCUT2D eigenvalue weighted by Crippen LogP contribution is -2.30. The summed E-state index contributed by atoms with van der Waals surface area (Å²) in [5.74, 6) is 0.350. The van der Waals surface area contributed by atoms with E-state index in [1.807, 2.05) is 55.5 Å². The van der Waals surface area contributed by atoms with E-state index in [9.17, 15) is 9.59 Å². The number of halogens is 1. The molecule has 0 unspecified atom stereocenters. The van der Waals surface area contributed by atoms with Gasteiger partial charge in [-0.05, 0) is 83.0 Å². The SMILES string of the molecule is CCN(C(=O)c1ccc(NC(=O)c2ccc(OCCc3ccccc3)c(Br)c2)cc1)c1ccccc1. The van der Waals surface area contributed by atoms with Gasteiger partial charge in [-0.15, -0.1) is 0 Å². The largest absolute Gasteiger partial charge is 0.492 e. The second-order valence-corrected chi connectivity index (χ2v) is 9.00. The second kappa shape index (κ2) is 12.2. The number of hydrogen-bond acceptors (Lipinski definition) is 3. The van der Waals surface area contributed by atoms with Crippen molar-refractivity contribution < 1.29 is 14.3 Å². The van der Waals surface area contributed by atoms with Gasteiger partial charge >= 0.3 is 0 Å². The van der Waals surface area contributed by atoms with Crippen molar-refractivity contribution in [2.45, 2.75) is 13.3 Å². The van der Waals surface area contributed by atoms with Gasteiger partial charge in [0.2, 0.25) is 0 Å². The molecule has 0 aliphatic rings. The minimum Gasteiger partial charge on any atom is -0.492 e. The predicted molar refractivity (Wildman–Crippen MR) is 148 cm³/mol. The first-order valence-electron chi connectivity index (χ1n) is 11.8. The molecule has 5 nitrogen and oxygen atoms in total. The van der Waals surface area contributed by atoms with Crippen LogP contribution >= 0.6 is 15.9 Å². The number of benzene rings is 4. The molecule has 0 saturated carbocycles. The Balaban J connectivity index is 1.35. The molecule has 6 heteroatoms. The summed E-state index contributed by atoms with van der Waals surface area (Å²) in [6.45, 7) is 3.04. The van der Waals surface area contributed by atoms with E-state index < -0.39 is 0 Å². The van der Waals surface area contributed by atoms with Gasteiger partial charge in [-0.2, -0.15) is 0 Å². The fraction of sp³-hybridized carbons (Fsp3) is 0.133. The van der Waals surface area contributed by atoms with Crippen LogP contribution in [0, 0.1) is 0 Å². The number of amides is 2. The zero-order valence-electron chi connectivity index (χ0n) is 20.0. The number of rotatable bonds is 9. The van der Waals surface area contributed by atoms with Crippen LogP contribution in [0.25, 0.3) is 0 Å². The standard InChI is InChI=1S/C30H27BrN2O3/c1-2-33(26-11-7-4-8-12-26)30(35)23-13-16-25(17-14-23)32-29(34)24-15-18-28(27(31)21-24)36-20-19-22-9-5-3-6-10-22/h3-18,21H,2,19-20H2,1H3,(H,32,34). The quantitative estimate of drug-likeness (QED) is 0.248.